The Labute approximate surface area is 465 Å². The number of primary amides is 1. The number of ketones is 1. The molecule has 5 atom stereocenters. The maximum absolute atomic E-state index is 12.8. The lowest BCUT2D eigenvalue weighted by Gasteiger charge is -2.29. The lowest BCUT2D eigenvalue weighted by atomic mass is 10.1. The number of aryl methyl sites for hydroxylation is 1. The summed E-state index contributed by atoms with van der Waals surface area (Å²) in [4.78, 5) is 124. The number of aliphatic hydroxyl groups is 1. The molecule has 0 aliphatic carbocycles. The fraction of sp³-hybridized carbons (Fsp3) is 0.714. The van der Waals surface area contributed by atoms with E-state index in [2.05, 4.69) is 72.9 Å². The summed E-state index contributed by atoms with van der Waals surface area (Å²) in [7, 11) is 5.84. The maximum Gasteiger partial charge on any atom is 0.325 e. The SMILES string of the molecule is CC(C)C.CC(C)C.CCC.CCCCC(O)CC(=O)OCC(=O)C(C)C(=O)NCC(=O)N1CCCC1.COC(C)C(=O)N1CCCC1C(=O)N(C)CC(=O)NC(COC(=O)CN(C)C=O)C(N)=O.COc1ccc(C)cc1. The van der Waals surface area contributed by atoms with Crippen molar-refractivity contribution < 1.29 is 72.0 Å². The number of likely N-dealkylation sites (tertiary alicyclic amines) is 2. The van der Waals surface area contributed by atoms with E-state index >= 15 is 0 Å². The van der Waals surface area contributed by atoms with Crippen LogP contribution in [0.25, 0.3) is 0 Å². The normalized spacial score (nSPS) is 14.6. The average molecular weight is 1110 g/mol. The van der Waals surface area contributed by atoms with Gasteiger partial charge in [0, 0.05) is 40.8 Å². The van der Waals surface area contributed by atoms with E-state index in [4.69, 9.17) is 24.7 Å². The third-order valence-electron chi connectivity index (χ3n) is 10.6. The molecule has 22 heteroatoms. The van der Waals surface area contributed by atoms with Crippen LogP contribution in [0.1, 0.15) is 140 Å². The molecule has 0 spiro atoms. The van der Waals surface area contributed by atoms with Crippen LogP contribution in [-0.2, 0) is 62.2 Å². The number of amides is 7. The van der Waals surface area contributed by atoms with Crippen molar-refractivity contribution in [3.8, 4) is 5.75 Å². The van der Waals surface area contributed by atoms with Gasteiger partial charge < -0.3 is 60.0 Å². The van der Waals surface area contributed by atoms with Gasteiger partial charge in [-0.3, -0.25) is 47.9 Å². The van der Waals surface area contributed by atoms with E-state index in [1.807, 2.05) is 31.2 Å². The van der Waals surface area contributed by atoms with E-state index in [0.29, 0.717) is 45.3 Å². The monoisotopic (exact) mass is 1110 g/mol. The van der Waals surface area contributed by atoms with Crippen LogP contribution < -0.4 is 21.1 Å². The van der Waals surface area contributed by atoms with Crippen molar-refractivity contribution in [2.24, 2.45) is 23.5 Å². The molecule has 1 aromatic carbocycles. The highest BCUT2D eigenvalue weighted by atomic mass is 16.5. The van der Waals surface area contributed by atoms with Gasteiger partial charge in [0.1, 0.15) is 37.1 Å². The summed E-state index contributed by atoms with van der Waals surface area (Å²) in [5.41, 5.74) is 6.49. The third-order valence-corrected chi connectivity index (χ3v) is 10.6. The van der Waals surface area contributed by atoms with Crippen LogP contribution in [-0.4, -0.2) is 189 Å². The molecule has 0 bridgehead atoms. The number of carbonyl (C=O) groups excluding carboxylic acids is 10. The summed E-state index contributed by atoms with van der Waals surface area (Å²) in [6, 6.07) is 5.94. The number of unbranched alkanes of at least 4 members (excludes halogenated alkanes) is 1. The number of nitrogens with one attached hydrogen (secondary N) is 2. The minimum Gasteiger partial charge on any atom is -0.497 e. The van der Waals surface area contributed by atoms with Crippen LogP contribution >= 0.6 is 0 Å². The second kappa shape index (κ2) is 44.8. The van der Waals surface area contributed by atoms with Crippen LogP contribution in [0.3, 0.4) is 0 Å². The smallest absolute Gasteiger partial charge is 0.325 e. The Hall–Kier alpha value is -6.16. The molecule has 7 amide bonds. The average Bonchev–Trinajstić information content (AvgIpc) is 4.11. The molecule has 78 heavy (non-hydrogen) atoms. The van der Waals surface area contributed by atoms with Gasteiger partial charge >= 0.3 is 11.9 Å². The number of carbonyl (C=O) groups is 10. The van der Waals surface area contributed by atoms with Crippen molar-refractivity contribution in [2.75, 3.05) is 80.8 Å². The number of esters is 2. The first-order valence-electron chi connectivity index (χ1n) is 27.1. The Balaban J connectivity index is -0.00000108. The molecule has 0 radical (unpaired) electrons. The number of aliphatic hydroxyl groups excluding tert-OH is 1. The molecule has 448 valence electrons. The minimum atomic E-state index is -1.32. The van der Waals surface area contributed by atoms with Crippen molar-refractivity contribution >= 4 is 59.6 Å². The highest BCUT2D eigenvalue weighted by Crippen LogP contribution is 2.21. The number of hydrogen-bond donors (Lipinski definition) is 4. The minimum absolute atomic E-state index is 0.139. The molecule has 2 saturated heterocycles. The molecule has 1 aromatic rings. The Morgan fingerprint density at radius 2 is 1.37 bits per heavy atom. The number of likely N-dealkylation sites (N-methyl/N-ethyl adjacent to an activating group) is 2. The molecule has 5 N–H and O–H groups in total. The van der Waals surface area contributed by atoms with Gasteiger partial charge in [-0.15, -0.1) is 0 Å². The van der Waals surface area contributed by atoms with Gasteiger partial charge in [-0.1, -0.05) is 99.3 Å². The Morgan fingerprint density at radius 1 is 0.821 bits per heavy atom. The summed E-state index contributed by atoms with van der Waals surface area (Å²) < 4.78 is 19.7. The van der Waals surface area contributed by atoms with E-state index in [-0.39, 0.29) is 31.3 Å². The van der Waals surface area contributed by atoms with Gasteiger partial charge in [0.05, 0.1) is 38.6 Å². The lowest BCUT2D eigenvalue weighted by molar-refractivity contribution is -0.152. The van der Waals surface area contributed by atoms with Crippen molar-refractivity contribution in [2.45, 2.75) is 165 Å². The van der Waals surface area contributed by atoms with Crippen molar-refractivity contribution in [1.82, 2.24) is 30.2 Å². The fourth-order valence-electron chi connectivity index (χ4n) is 6.35. The van der Waals surface area contributed by atoms with Crippen LogP contribution in [0, 0.1) is 24.7 Å². The molecule has 0 aromatic heterocycles. The van der Waals surface area contributed by atoms with Crippen molar-refractivity contribution in [1.29, 1.82) is 0 Å². The second-order valence-electron chi connectivity index (χ2n) is 20.3. The molecule has 22 nitrogen and oxygen atoms in total. The summed E-state index contributed by atoms with van der Waals surface area (Å²) in [5.74, 6) is -3.54. The highest BCUT2D eigenvalue weighted by Gasteiger charge is 2.38. The Bertz CT molecular complexity index is 1900. The molecular weight excluding hydrogens is 1010 g/mol. The predicted molar refractivity (Wildman–Crippen MR) is 298 cm³/mol. The zero-order valence-corrected chi connectivity index (χ0v) is 50.0. The zero-order valence-electron chi connectivity index (χ0n) is 50.0. The summed E-state index contributed by atoms with van der Waals surface area (Å²) >= 11 is 0. The third kappa shape index (κ3) is 37.6. The van der Waals surface area contributed by atoms with Crippen molar-refractivity contribution in [3.05, 3.63) is 29.8 Å². The molecule has 5 unspecified atom stereocenters. The van der Waals surface area contributed by atoms with Gasteiger partial charge in [0.2, 0.25) is 35.9 Å². The van der Waals surface area contributed by atoms with Gasteiger partial charge in [-0.05, 0) is 76.8 Å². The van der Waals surface area contributed by atoms with Crippen molar-refractivity contribution in [3.63, 3.8) is 0 Å². The zero-order chi connectivity index (χ0) is 60.5. The molecule has 2 aliphatic rings. The molecule has 0 saturated carbocycles. The fourth-order valence-corrected chi connectivity index (χ4v) is 6.35. The number of benzene rings is 1. The van der Waals surface area contributed by atoms with Crippen LogP contribution in [0.4, 0.5) is 0 Å². The first-order valence-corrected chi connectivity index (χ1v) is 27.1. The summed E-state index contributed by atoms with van der Waals surface area (Å²) in [6.07, 6.45) is 5.29. The molecule has 2 heterocycles. The molecule has 2 aliphatic heterocycles. The Kier molecular flexibility index (Phi) is 43.7. The number of hydrogen-bond acceptors (Lipinski definition) is 15. The standard InChI is InChI=1S/C19H31N5O8.C18H30N2O6.C8H10O.2C4H10.C3H8/c1-12(31-4)18(29)24-7-5-6-14(24)19(30)23(3)8-15(26)21-13(17(20)28)10-32-16(27)9-22(2)11-25;1-3-4-7-14(21)10-17(24)26-12-15(22)13(2)18(25)19-11-16(23)20-8-5-6-9-20;1-7-3-5-8(9-2)6-4-7;2*1-4(2)3;1-3-2/h11-14H,5-10H2,1-4H3,(H2,20,28)(H,21,26);13-14,21H,3-12H2,1-2H3,(H,19,25);3-6H,1-2H3;2*4H,1-3H3;3H2,1-2H3. The van der Waals surface area contributed by atoms with Gasteiger partial charge in [0.25, 0.3) is 5.91 Å². The Morgan fingerprint density at radius 3 is 1.86 bits per heavy atom. The number of ether oxygens (including phenoxy) is 4. The topological polar surface area (TPSA) is 291 Å². The predicted octanol–water partition coefficient (Wildman–Crippen LogP) is 4.23. The lowest BCUT2D eigenvalue weighted by Crippen LogP contribution is -2.53. The number of rotatable bonds is 24. The number of Topliss-reactive ketones (excluding diaryl/α,β-unsaturated/α-hetero) is 1. The number of nitrogens with zero attached hydrogens (tertiary/aromatic N) is 4. The van der Waals surface area contributed by atoms with Crippen LogP contribution in [0.2, 0.25) is 0 Å². The largest absolute Gasteiger partial charge is 0.497 e. The summed E-state index contributed by atoms with van der Waals surface area (Å²) in [5, 5.41) is 14.4. The number of nitrogens with two attached hydrogens (primary N) is 1. The highest BCUT2D eigenvalue weighted by molar-refractivity contribution is 6.03. The van der Waals surface area contributed by atoms with Gasteiger partial charge in [0.15, 0.2) is 12.4 Å². The number of methoxy groups -OCH3 is 2. The quantitative estimate of drug-likeness (QED) is 0.0640. The summed E-state index contributed by atoms with van der Waals surface area (Å²) in [6.45, 7) is 24.2. The first kappa shape index (κ1) is 76.1. The molecule has 3 rings (SSSR count). The van der Waals surface area contributed by atoms with Gasteiger partial charge in [-0.25, -0.2) is 0 Å². The van der Waals surface area contributed by atoms with Crippen LogP contribution in [0.15, 0.2) is 24.3 Å². The van der Waals surface area contributed by atoms with E-state index in [9.17, 15) is 53.1 Å². The first-order chi connectivity index (χ1) is 36.6. The van der Waals surface area contributed by atoms with E-state index in [1.54, 1.807) is 18.9 Å². The second-order valence-corrected chi connectivity index (χ2v) is 20.3. The molecular formula is C56H99N7O15. The van der Waals surface area contributed by atoms with Crippen LogP contribution in [0.5, 0.6) is 5.75 Å². The van der Waals surface area contributed by atoms with E-state index in [0.717, 1.165) is 53.1 Å². The van der Waals surface area contributed by atoms with Gasteiger partial charge in [-0.2, -0.15) is 0 Å². The maximum atomic E-state index is 12.8. The van der Waals surface area contributed by atoms with E-state index < -0.39 is 91.3 Å². The molecule has 2 fully saturated rings. The van der Waals surface area contributed by atoms with E-state index in [1.165, 1.54) is 45.0 Å².